The van der Waals surface area contributed by atoms with Crippen molar-refractivity contribution in [2.24, 2.45) is 5.84 Å². The van der Waals surface area contributed by atoms with Crippen LogP contribution in [0, 0.1) is 5.82 Å². The maximum absolute atomic E-state index is 13.7. The molecule has 0 aliphatic rings. The van der Waals surface area contributed by atoms with E-state index in [1.165, 1.54) is 6.07 Å². The molecule has 0 saturated heterocycles. The number of pyridine rings is 1. The summed E-state index contributed by atoms with van der Waals surface area (Å²) in [4.78, 5) is 4.26. The Balaban J connectivity index is 2.20. The number of halogens is 2. The monoisotopic (exact) mass is 309 g/mol. The predicted octanol–water partition coefficient (Wildman–Crippen LogP) is 2.73. The molecule has 0 saturated carbocycles. The molecule has 0 fully saturated rings. The van der Waals surface area contributed by atoms with E-state index in [1.807, 2.05) is 12.1 Å². The van der Waals surface area contributed by atoms with Crippen LogP contribution in [0.1, 0.15) is 17.3 Å². The van der Waals surface area contributed by atoms with Gasteiger partial charge in [0.25, 0.3) is 0 Å². The van der Waals surface area contributed by atoms with E-state index >= 15 is 0 Å². The van der Waals surface area contributed by atoms with E-state index in [0.717, 1.165) is 10.2 Å². The first-order valence-corrected chi connectivity index (χ1v) is 6.31. The number of aromatic nitrogens is 1. The number of nitrogens with two attached hydrogens (primary N) is 1. The van der Waals surface area contributed by atoms with Gasteiger partial charge in [0.1, 0.15) is 5.82 Å². The van der Waals surface area contributed by atoms with Crippen molar-refractivity contribution in [2.75, 3.05) is 0 Å². The number of nitrogens with one attached hydrogen (secondary N) is 1. The van der Waals surface area contributed by atoms with Gasteiger partial charge in [-0.1, -0.05) is 18.2 Å². The predicted molar refractivity (Wildman–Crippen MR) is 72.1 cm³/mol. The highest BCUT2D eigenvalue weighted by Gasteiger charge is 2.14. The number of benzene rings is 1. The molecular formula is C13H13BrFN3. The van der Waals surface area contributed by atoms with Crippen LogP contribution in [0.25, 0.3) is 0 Å². The van der Waals surface area contributed by atoms with Gasteiger partial charge in [-0.3, -0.25) is 16.3 Å². The average Bonchev–Trinajstić information content (AvgIpc) is 2.39. The highest BCUT2D eigenvalue weighted by Crippen LogP contribution is 2.20. The number of hydrogen-bond donors (Lipinski definition) is 2. The van der Waals surface area contributed by atoms with Gasteiger partial charge in [0.15, 0.2) is 0 Å². The second kappa shape index (κ2) is 6.04. The maximum Gasteiger partial charge on any atom is 0.128 e. The Morgan fingerprint density at radius 1 is 1.28 bits per heavy atom. The van der Waals surface area contributed by atoms with Crippen LogP contribution >= 0.6 is 15.9 Å². The van der Waals surface area contributed by atoms with Crippen LogP contribution in [0.15, 0.2) is 47.1 Å². The molecule has 1 heterocycles. The molecule has 94 valence electrons. The lowest BCUT2D eigenvalue weighted by Crippen LogP contribution is -2.30. The Morgan fingerprint density at radius 2 is 2.06 bits per heavy atom. The van der Waals surface area contributed by atoms with Crippen LogP contribution in [0.4, 0.5) is 4.39 Å². The van der Waals surface area contributed by atoms with Crippen LogP contribution in [0.3, 0.4) is 0 Å². The smallest absolute Gasteiger partial charge is 0.128 e. The molecule has 18 heavy (non-hydrogen) atoms. The van der Waals surface area contributed by atoms with E-state index in [0.29, 0.717) is 12.0 Å². The Labute approximate surface area is 113 Å². The summed E-state index contributed by atoms with van der Waals surface area (Å²) in [5.74, 6) is 5.23. The molecule has 3 N–H and O–H groups in total. The average molecular weight is 310 g/mol. The van der Waals surface area contributed by atoms with Crippen LogP contribution < -0.4 is 11.3 Å². The van der Waals surface area contributed by atoms with E-state index in [9.17, 15) is 4.39 Å². The van der Waals surface area contributed by atoms with Gasteiger partial charge in [0.2, 0.25) is 0 Å². The second-order valence-electron chi connectivity index (χ2n) is 3.91. The summed E-state index contributed by atoms with van der Waals surface area (Å²) in [6.45, 7) is 0. The van der Waals surface area contributed by atoms with Crippen molar-refractivity contribution in [1.82, 2.24) is 10.4 Å². The van der Waals surface area contributed by atoms with Gasteiger partial charge in [0.05, 0.1) is 6.04 Å². The molecule has 0 radical (unpaired) electrons. The van der Waals surface area contributed by atoms with Gasteiger partial charge in [-0.15, -0.1) is 0 Å². The van der Waals surface area contributed by atoms with Gasteiger partial charge in [-0.25, -0.2) is 4.39 Å². The SMILES string of the molecule is NNC(Cc1ccc(Br)cn1)c1ccccc1F. The molecular weight excluding hydrogens is 297 g/mol. The second-order valence-corrected chi connectivity index (χ2v) is 4.83. The number of rotatable bonds is 4. The number of hydrogen-bond acceptors (Lipinski definition) is 3. The third kappa shape index (κ3) is 3.13. The standard InChI is InChI=1S/C13H13BrFN3/c14-9-5-6-10(17-8-9)7-13(18-16)11-3-1-2-4-12(11)15/h1-6,8,13,18H,7,16H2. The summed E-state index contributed by atoms with van der Waals surface area (Å²) in [6, 6.07) is 10.1. The van der Waals surface area contributed by atoms with Gasteiger partial charge in [-0.2, -0.15) is 0 Å². The highest BCUT2D eigenvalue weighted by atomic mass is 79.9. The lowest BCUT2D eigenvalue weighted by atomic mass is 10.0. The van der Waals surface area contributed by atoms with Crippen LogP contribution in [0.5, 0.6) is 0 Å². The van der Waals surface area contributed by atoms with Crippen molar-refractivity contribution < 1.29 is 4.39 Å². The summed E-state index contributed by atoms with van der Waals surface area (Å²) in [5.41, 5.74) is 4.03. The molecule has 0 aliphatic heterocycles. The highest BCUT2D eigenvalue weighted by molar-refractivity contribution is 9.10. The van der Waals surface area contributed by atoms with E-state index in [4.69, 9.17) is 5.84 Å². The summed E-state index contributed by atoms with van der Waals surface area (Å²) in [7, 11) is 0. The quantitative estimate of drug-likeness (QED) is 0.674. The minimum Gasteiger partial charge on any atom is -0.271 e. The van der Waals surface area contributed by atoms with E-state index in [2.05, 4.69) is 26.3 Å². The van der Waals surface area contributed by atoms with Crippen molar-refractivity contribution in [3.63, 3.8) is 0 Å². The zero-order valence-corrected chi connectivity index (χ0v) is 11.2. The van der Waals surface area contributed by atoms with Gasteiger partial charge in [-0.05, 0) is 34.1 Å². The molecule has 5 heteroatoms. The van der Waals surface area contributed by atoms with Gasteiger partial charge >= 0.3 is 0 Å². The molecule has 0 amide bonds. The third-order valence-electron chi connectivity index (χ3n) is 2.68. The third-order valence-corrected chi connectivity index (χ3v) is 3.15. The van der Waals surface area contributed by atoms with Gasteiger partial charge in [0, 0.05) is 28.3 Å². The first-order valence-electron chi connectivity index (χ1n) is 5.51. The fourth-order valence-electron chi connectivity index (χ4n) is 1.75. The first-order chi connectivity index (χ1) is 8.70. The molecule has 0 spiro atoms. The minimum absolute atomic E-state index is 0.266. The zero-order chi connectivity index (χ0) is 13.0. The molecule has 3 nitrogen and oxygen atoms in total. The van der Waals surface area contributed by atoms with E-state index < -0.39 is 0 Å². The minimum atomic E-state index is -0.292. The Kier molecular flexibility index (Phi) is 4.41. The molecule has 1 aromatic carbocycles. The fraction of sp³-hybridized carbons (Fsp3) is 0.154. The summed E-state index contributed by atoms with van der Waals surface area (Å²) >= 11 is 3.32. The van der Waals surface area contributed by atoms with Crippen molar-refractivity contribution in [3.05, 3.63) is 64.1 Å². The molecule has 1 unspecified atom stereocenters. The van der Waals surface area contributed by atoms with Crippen molar-refractivity contribution in [1.29, 1.82) is 0 Å². The van der Waals surface area contributed by atoms with Gasteiger partial charge < -0.3 is 0 Å². The lowest BCUT2D eigenvalue weighted by Gasteiger charge is -2.16. The van der Waals surface area contributed by atoms with Crippen LogP contribution in [-0.4, -0.2) is 4.98 Å². The Hall–Kier alpha value is -1.30. The number of hydrazine groups is 1. The molecule has 2 rings (SSSR count). The normalized spacial score (nSPS) is 12.4. The van der Waals surface area contributed by atoms with Crippen LogP contribution in [-0.2, 0) is 6.42 Å². The van der Waals surface area contributed by atoms with Crippen molar-refractivity contribution in [3.8, 4) is 0 Å². The first kappa shape index (κ1) is 13.1. The van der Waals surface area contributed by atoms with Crippen LogP contribution in [0.2, 0.25) is 0 Å². The molecule has 2 aromatic rings. The molecule has 1 aromatic heterocycles. The Morgan fingerprint density at radius 3 is 2.67 bits per heavy atom. The summed E-state index contributed by atoms with van der Waals surface area (Å²) in [6.07, 6.45) is 2.25. The zero-order valence-electron chi connectivity index (χ0n) is 9.61. The maximum atomic E-state index is 13.7. The number of nitrogens with zero attached hydrogens (tertiary/aromatic N) is 1. The van der Waals surface area contributed by atoms with E-state index in [1.54, 1.807) is 24.4 Å². The van der Waals surface area contributed by atoms with Crippen molar-refractivity contribution >= 4 is 15.9 Å². The topological polar surface area (TPSA) is 50.9 Å². The lowest BCUT2D eigenvalue weighted by molar-refractivity contribution is 0.507. The van der Waals surface area contributed by atoms with Crippen molar-refractivity contribution in [2.45, 2.75) is 12.5 Å². The Bertz CT molecular complexity index is 516. The van der Waals surface area contributed by atoms with E-state index in [-0.39, 0.29) is 11.9 Å². The largest absolute Gasteiger partial charge is 0.271 e. The summed E-state index contributed by atoms with van der Waals surface area (Å²) in [5, 5.41) is 0. The molecule has 1 atom stereocenters. The summed E-state index contributed by atoms with van der Waals surface area (Å²) < 4.78 is 14.6. The molecule has 0 bridgehead atoms. The molecule has 0 aliphatic carbocycles. The fourth-order valence-corrected chi connectivity index (χ4v) is 1.99.